The highest BCUT2D eigenvalue weighted by atomic mass is 16.5. The number of rotatable bonds is 7. The van der Waals surface area contributed by atoms with Gasteiger partial charge >= 0.3 is 0 Å². The highest BCUT2D eigenvalue weighted by molar-refractivity contribution is 5.27. The van der Waals surface area contributed by atoms with Crippen molar-refractivity contribution >= 4 is 0 Å². The van der Waals surface area contributed by atoms with E-state index in [4.69, 9.17) is 4.74 Å². The number of hydrogen-bond donors (Lipinski definition) is 1. The zero-order valence-electron chi connectivity index (χ0n) is 12.8. The van der Waals surface area contributed by atoms with Gasteiger partial charge in [-0.15, -0.1) is 0 Å². The first-order chi connectivity index (χ1) is 9.74. The zero-order valence-corrected chi connectivity index (χ0v) is 12.8. The van der Waals surface area contributed by atoms with Crippen LogP contribution in [0.3, 0.4) is 0 Å². The zero-order chi connectivity index (χ0) is 14.2. The Morgan fingerprint density at radius 3 is 2.50 bits per heavy atom. The second-order valence-corrected chi connectivity index (χ2v) is 5.68. The molecule has 0 aromatic heterocycles. The van der Waals surface area contributed by atoms with Gasteiger partial charge in [0.05, 0.1) is 6.61 Å². The average molecular weight is 277 g/mol. The van der Waals surface area contributed by atoms with Crippen molar-refractivity contribution in [3.63, 3.8) is 0 Å². The summed E-state index contributed by atoms with van der Waals surface area (Å²) in [6.07, 6.45) is 1.07. The summed E-state index contributed by atoms with van der Waals surface area (Å²) in [7, 11) is 4.18. The quantitative estimate of drug-likeness (QED) is 0.763. The molecule has 0 amide bonds. The molecule has 1 aromatic rings. The van der Waals surface area contributed by atoms with Crippen molar-refractivity contribution in [2.24, 2.45) is 0 Å². The molecule has 1 N–H and O–H groups in total. The van der Waals surface area contributed by atoms with E-state index in [-0.39, 0.29) is 0 Å². The molecule has 1 fully saturated rings. The average Bonchev–Trinajstić information content (AvgIpc) is 2.46. The van der Waals surface area contributed by atoms with Crippen molar-refractivity contribution in [3.05, 3.63) is 29.8 Å². The van der Waals surface area contributed by atoms with Crippen LogP contribution in [-0.2, 0) is 6.54 Å². The van der Waals surface area contributed by atoms with E-state index >= 15 is 0 Å². The maximum absolute atomic E-state index is 5.75. The van der Waals surface area contributed by atoms with Crippen molar-refractivity contribution in [2.75, 3.05) is 53.4 Å². The molecule has 1 aromatic carbocycles. The fraction of sp³-hybridized carbons (Fsp3) is 0.625. The van der Waals surface area contributed by atoms with Gasteiger partial charge in [-0.1, -0.05) is 12.1 Å². The predicted molar refractivity (Wildman–Crippen MR) is 83.3 cm³/mol. The van der Waals surface area contributed by atoms with E-state index in [2.05, 4.69) is 53.5 Å². The molecular weight excluding hydrogens is 250 g/mol. The monoisotopic (exact) mass is 277 g/mol. The lowest BCUT2D eigenvalue weighted by molar-refractivity contribution is 0.233. The van der Waals surface area contributed by atoms with Gasteiger partial charge in [-0.25, -0.2) is 0 Å². The summed E-state index contributed by atoms with van der Waals surface area (Å²) < 4.78 is 5.75. The van der Waals surface area contributed by atoms with Gasteiger partial charge in [0.15, 0.2) is 0 Å². The first-order valence-electron chi connectivity index (χ1n) is 7.53. The van der Waals surface area contributed by atoms with E-state index < -0.39 is 0 Å². The molecule has 4 heteroatoms. The molecule has 0 unspecified atom stereocenters. The topological polar surface area (TPSA) is 27.7 Å². The van der Waals surface area contributed by atoms with Crippen molar-refractivity contribution < 1.29 is 4.74 Å². The van der Waals surface area contributed by atoms with Gasteiger partial charge in [-0.3, -0.25) is 4.90 Å². The molecule has 0 saturated carbocycles. The van der Waals surface area contributed by atoms with Crippen LogP contribution < -0.4 is 10.1 Å². The van der Waals surface area contributed by atoms with Crippen LogP contribution in [0.4, 0.5) is 0 Å². The second kappa shape index (κ2) is 8.25. The van der Waals surface area contributed by atoms with Crippen LogP contribution in [0, 0.1) is 0 Å². The van der Waals surface area contributed by atoms with Crippen molar-refractivity contribution in [3.8, 4) is 5.75 Å². The highest BCUT2D eigenvalue weighted by Crippen LogP contribution is 2.14. The van der Waals surface area contributed by atoms with Gasteiger partial charge in [-0.05, 0) is 38.2 Å². The standard InChI is InChI=1S/C16H27N3O/c1-18(2)10-3-13-20-16-6-4-15(5-7-16)14-19-11-8-17-9-12-19/h4-7,17H,3,8-14H2,1-2H3. The lowest BCUT2D eigenvalue weighted by Crippen LogP contribution is -2.42. The summed E-state index contributed by atoms with van der Waals surface area (Å²) in [5.74, 6) is 0.979. The molecule has 0 radical (unpaired) electrons. The van der Waals surface area contributed by atoms with E-state index in [1.54, 1.807) is 0 Å². The summed E-state index contributed by atoms with van der Waals surface area (Å²) in [4.78, 5) is 4.67. The molecular formula is C16H27N3O. The van der Waals surface area contributed by atoms with Gasteiger partial charge in [0, 0.05) is 39.3 Å². The molecule has 0 spiro atoms. The predicted octanol–water partition coefficient (Wildman–Crippen LogP) is 1.42. The van der Waals surface area contributed by atoms with Gasteiger partial charge in [0.1, 0.15) is 5.75 Å². The van der Waals surface area contributed by atoms with Gasteiger partial charge in [0.2, 0.25) is 0 Å². The van der Waals surface area contributed by atoms with Gasteiger partial charge in [0.25, 0.3) is 0 Å². The minimum absolute atomic E-state index is 0.787. The Bertz CT molecular complexity index is 372. The summed E-state index contributed by atoms with van der Waals surface area (Å²) in [5, 5.41) is 3.38. The van der Waals surface area contributed by atoms with Gasteiger partial charge in [-0.2, -0.15) is 0 Å². The normalized spacial score (nSPS) is 16.6. The Labute approximate surface area is 122 Å². The van der Waals surface area contributed by atoms with E-state index in [0.29, 0.717) is 0 Å². The van der Waals surface area contributed by atoms with Crippen LogP contribution >= 0.6 is 0 Å². The van der Waals surface area contributed by atoms with E-state index in [0.717, 1.165) is 58.0 Å². The van der Waals surface area contributed by atoms with Crippen LogP contribution in [0.25, 0.3) is 0 Å². The molecule has 1 saturated heterocycles. The molecule has 20 heavy (non-hydrogen) atoms. The Hall–Kier alpha value is -1.10. The molecule has 2 rings (SSSR count). The highest BCUT2D eigenvalue weighted by Gasteiger charge is 2.09. The van der Waals surface area contributed by atoms with Gasteiger partial charge < -0.3 is 15.0 Å². The summed E-state index contributed by atoms with van der Waals surface area (Å²) in [5.41, 5.74) is 1.37. The van der Waals surface area contributed by atoms with E-state index in [9.17, 15) is 0 Å². The van der Waals surface area contributed by atoms with E-state index in [1.807, 2.05) is 0 Å². The maximum Gasteiger partial charge on any atom is 0.119 e. The lowest BCUT2D eigenvalue weighted by atomic mass is 10.2. The Morgan fingerprint density at radius 2 is 1.85 bits per heavy atom. The number of nitrogens with one attached hydrogen (secondary N) is 1. The molecule has 1 aliphatic heterocycles. The van der Waals surface area contributed by atoms with Crippen molar-refractivity contribution in [2.45, 2.75) is 13.0 Å². The van der Waals surface area contributed by atoms with E-state index in [1.165, 1.54) is 5.56 Å². The Morgan fingerprint density at radius 1 is 1.15 bits per heavy atom. The van der Waals surface area contributed by atoms with Crippen molar-refractivity contribution in [1.82, 2.24) is 15.1 Å². The number of ether oxygens (including phenoxy) is 1. The Kier molecular flexibility index (Phi) is 6.30. The summed E-state index contributed by atoms with van der Waals surface area (Å²) in [6.45, 7) is 7.39. The minimum atomic E-state index is 0.787. The smallest absolute Gasteiger partial charge is 0.119 e. The lowest BCUT2D eigenvalue weighted by Gasteiger charge is -2.27. The summed E-state index contributed by atoms with van der Waals surface area (Å²) in [6, 6.07) is 8.55. The number of piperazine rings is 1. The first-order valence-corrected chi connectivity index (χ1v) is 7.53. The molecule has 0 bridgehead atoms. The fourth-order valence-electron chi connectivity index (χ4n) is 2.39. The van der Waals surface area contributed by atoms with Crippen LogP contribution in [0.1, 0.15) is 12.0 Å². The maximum atomic E-state index is 5.75. The second-order valence-electron chi connectivity index (χ2n) is 5.68. The third-order valence-corrected chi connectivity index (χ3v) is 3.56. The molecule has 112 valence electrons. The minimum Gasteiger partial charge on any atom is -0.494 e. The molecule has 0 aliphatic carbocycles. The van der Waals surface area contributed by atoms with Crippen LogP contribution in [0.5, 0.6) is 5.75 Å². The number of nitrogens with zero attached hydrogens (tertiary/aromatic N) is 2. The van der Waals surface area contributed by atoms with Crippen molar-refractivity contribution in [1.29, 1.82) is 0 Å². The molecule has 4 nitrogen and oxygen atoms in total. The molecule has 1 heterocycles. The van der Waals surface area contributed by atoms with Crippen LogP contribution in [0.15, 0.2) is 24.3 Å². The molecule has 1 aliphatic rings. The number of hydrogen-bond acceptors (Lipinski definition) is 4. The molecule has 0 atom stereocenters. The fourth-order valence-corrected chi connectivity index (χ4v) is 2.39. The SMILES string of the molecule is CN(C)CCCOc1ccc(CN2CCNCC2)cc1. The third kappa shape index (κ3) is 5.49. The third-order valence-electron chi connectivity index (χ3n) is 3.56. The number of benzene rings is 1. The summed E-state index contributed by atoms with van der Waals surface area (Å²) >= 11 is 0. The van der Waals surface area contributed by atoms with Crippen LogP contribution in [0.2, 0.25) is 0 Å². The Balaban J connectivity index is 1.71. The largest absolute Gasteiger partial charge is 0.494 e. The van der Waals surface area contributed by atoms with Crippen LogP contribution in [-0.4, -0.2) is 63.2 Å². The first kappa shape index (κ1) is 15.3.